The second-order valence-electron chi connectivity index (χ2n) is 8.28. The van der Waals surface area contributed by atoms with Crippen molar-refractivity contribution in [3.8, 4) is 0 Å². The van der Waals surface area contributed by atoms with E-state index in [1.54, 1.807) is 11.8 Å². The van der Waals surface area contributed by atoms with E-state index >= 15 is 4.39 Å². The Morgan fingerprint density at radius 2 is 2.08 bits per heavy atom. The third kappa shape index (κ3) is 3.00. The zero-order valence-corrected chi connectivity index (χ0v) is 15.3. The van der Waals surface area contributed by atoms with Gasteiger partial charge in [-0.05, 0) is 54.4 Å². The van der Waals surface area contributed by atoms with Gasteiger partial charge in [0, 0.05) is 25.8 Å². The van der Waals surface area contributed by atoms with Crippen LogP contribution >= 0.6 is 0 Å². The van der Waals surface area contributed by atoms with Gasteiger partial charge in [0.1, 0.15) is 11.7 Å². The van der Waals surface area contributed by atoms with Crippen molar-refractivity contribution in [2.24, 2.45) is 5.41 Å². The predicted octanol–water partition coefficient (Wildman–Crippen LogP) is 1.33. The maximum Gasteiger partial charge on any atom is 0.306 e. The highest BCUT2D eigenvalue weighted by Crippen LogP contribution is 2.70. The smallest absolute Gasteiger partial charge is 0.306 e. The molecule has 9 heteroatoms. The van der Waals surface area contributed by atoms with Crippen molar-refractivity contribution in [1.29, 1.82) is 0 Å². The number of alkyl halides is 1. The minimum Gasteiger partial charge on any atom is -0.469 e. The number of carbonyl (C=O) groups excluding carboxylic acids is 1. The number of tetrazole rings is 1. The first-order valence-electron chi connectivity index (χ1n) is 9.22. The molecule has 4 fully saturated rings. The first kappa shape index (κ1) is 17.8. The molecule has 0 amide bonds. The van der Waals surface area contributed by atoms with Gasteiger partial charge in [-0.1, -0.05) is 0 Å². The van der Waals surface area contributed by atoms with Crippen LogP contribution in [0.1, 0.15) is 56.8 Å². The Hall–Kier alpha value is -1.61. The van der Waals surface area contributed by atoms with Crippen molar-refractivity contribution in [2.75, 3.05) is 20.8 Å². The van der Waals surface area contributed by atoms with E-state index in [9.17, 15) is 4.79 Å². The highest BCUT2D eigenvalue weighted by Gasteiger charge is 2.70. The van der Waals surface area contributed by atoms with E-state index in [-0.39, 0.29) is 16.9 Å². The van der Waals surface area contributed by atoms with E-state index in [1.165, 1.54) is 7.11 Å². The molecule has 0 spiro atoms. The quantitative estimate of drug-likeness (QED) is 0.493. The summed E-state index contributed by atoms with van der Waals surface area (Å²) in [7, 11) is 3.07. The zero-order chi connectivity index (χ0) is 18.4. The van der Waals surface area contributed by atoms with Gasteiger partial charge in [-0.2, -0.15) is 0 Å². The molecule has 0 radical (unpaired) electrons. The van der Waals surface area contributed by atoms with Gasteiger partial charge in [-0.15, -0.1) is 5.10 Å². The van der Waals surface area contributed by atoms with Crippen LogP contribution in [0.25, 0.3) is 0 Å². The fourth-order valence-electron chi connectivity index (χ4n) is 4.79. The molecule has 8 nitrogen and oxygen atoms in total. The third-order valence-electron chi connectivity index (χ3n) is 6.12. The Labute approximate surface area is 151 Å². The fraction of sp³-hybridized carbons (Fsp3) is 0.882. The summed E-state index contributed by atoms with van der Waals surface area (Å²) < 4.78 is 26.6. The maximum absolute atomic E-state index is 15.1. The summed E-state index contributed by atoms with van der Waals surface area (Å²) in [5.41, 5.74) is -1.33. The van der Waals surface area contributed by atoms with Crippen molar-refractivity contribution in [2.45, 2.75) is 68.7 Å². The standard InChI is InChI=1S/C17H26FN5O3/c1-25-7-3-6-23-14(20-21-22-23)13(17(18)4-5-17)19-16-9-15(10-16,11-16)8-12(24)26-2/h13,19H,3-11H2,1-2H3. The van der Waals surface area contributed by atoms with Crippen LogP contribution in [0.4, 0.5) is 4.39 Å². The molecule has 1 aromatic heterocycles. The van der Waals surface area contributed by atoms with E-state index in [4.69, 9.17) is 9.47 Å². The highest BCUT2D eigenvalue weighted by atomic mass is 19.1. The number of nitrogens with zero attached hydrogens (tertiary/aromatic N) is 4. The van der Waals surface area contributed by atoms with Gasteiger partial charge in [0.2, 0.25) is 0 Å². The molecule has 1 unspecified atom stereocenters. The largest absolute Gasteiger partial charge is 0.469 e. The molecule has 0 aliphatic heterocycles. The number of hydrogen-bond donors (Lipinski definition) is 1. The monoisotopic (exact) mass is 367 g/mol. The highest BCUT2D eigenvalue weighted by molar-refractivity contribution is 5.71. The molecular weight excluding hydrogens is 341 g/mol. The molecular formula is C17H26FN5O3. The molecule has 1 heterocycles. The van der Waals surface area contributed by atoms with Crippen molar-refractivity contribution >= 4 is 5.97 Å². The number of esters is 1. The van der Waals surface area contributed by atoms with Crippen LogP contribution in [-0.2, 0) is 20.8 Å². The lowest BCUT2D eigenvalue weighted by atomic mass is 9.38. The van der Waals surface area contributed by atoms with Crippen LogP contribution in [0, 0.1) is 5.41 Å². The maximum atomic E-state index is 15.1. The minimum atomic E-state index is -1.28. The molecule has 0 aromatic carbocycles. The molecule has 0 saturated heterocycles. The minimum absolute atomic E-state index is 0.0437. The molecule has 4 aliphatic rings. The van der Waals surface area contributed by atoms with E-state index in [0.29, 0.717) is 38.2 Å². The van der Waals surface area contributed by atoms with E-state index < -0.39 is 11.7 Å². The summed E-state index contributed by atoms with van der Waals surface area (Å²) in [6.45, 7) is 1.21. The van der Waals surface area contributed by atoms with Gasteiger partial charge in [0.05, 0.1) is 13.5 Å². The Balaban J connectivity index is 1.43. The van der Waals surface area contributed by atoms with Crippen LogP contribution < -0.4 is 5.32 Å². The van der Waals surface area contributed by atoms with Gasteiger partial charge in [0.15, 0.2) is 5.82 Å². The van der Waals surface area contributed by atoms with Crippen molar-refractivity contribution in [1.82, 2.24) is 25.5 Å². The number of halogens is 1. The Morgan fingerprint density at radius 1 is 1.35 bits per heavy atom. The Kier molecular flexibility index (Phi) is 4.26. The molecule has 1 atom stereocenters. The van der Waals surface area contributed by atoms with E-state index in [0.717, 1.165) is 25.7 Å². The van der Waals surface area contributed by atoms with Gasteiger partial charge < -0.3 is 9.47 Å². The molecule has 1 aromatic rings. The van der Waals surface area contributed by atoms with Gasteiger partial charge in [-0.3, -0.25) is 10.1 Å². The summed E-state index contributed by atoms with van der Waals surface area (Å²) in [6, 6.07) is -0.503. The number of carbonyl (C=O) groups is 1. The third-order valence-corrected chi connectivity index (χ3v) is 6.12. The molecule has 144 valence electrons. The lowest BCUT2D eigenvalue weighted by Gasteiger charge is -2.71. The van der Waals surface area contributed by atoms with Gasteiger partial charge >= 0.3 is 5.97 Å². The average Bonchev–Trinajstić information content (AvgIpc) is 3.13. The first-order chi connectivity index (χ1) is 12.4. The summed E-state index contributed by atoms with van der Waals surface area (Å²) in [6.07, 6.45) is 4.92. The van der Waals surface area contributed by atoms with Gasteiger partial charge in [0.25, 0.3) is 0 Å². The van der Waals surface area contributed by atoms with Crippen molar-refractivity contribution < 1.29 is 18.7 Å². The number of rotatable bonds is 10. The zero-order valence-electron chi connectivity index (χ0n) is 15.3. The number of nitrogens with one attached hydrogen (secondary N) is 1. The normalized spacial score (nSPS) is 31.7. The number of aryl methyl sites for hydroxylation is 1. The topological polar surface area (TPSA) is 91.2 Å². The summed E-state index contributed by atoms with van der Waals surface area (Å²) in [5, 5.41) is 15.5. The predicted molar refractivity (Wildman–Crippen MR) is 88.9 cm³/mol. The number of aromatic nitrogens is 4. The summed E-state index contributed by atoms with van der Waals surface area (Å²) in [5.74, 6) is 0.397. The molecule has 5 rings (SSSR count). The Bertz CT molecular complexity index is 670. The van der Waals surface area contributed by atoms with E-state index in [1.807, 2.05) is 0 Å². The molecule has 4 aliphatic carbocycles. The first-order valence-corrected chi connectivity index (χ1v) is 9.22. The molecule has 2 bridgehead atoms. The molecule has 26 heavy (non-hydrogen) atoms. The summed E-state index contributed by atoms with van der Waals surface area (Å²) in [4.78, 5) is 11.6. The number of methoxy groups -OCH3 is 2. The average molecular weight is 367 g/mol. The van der Waals surface area contributed by atoms with Crippen molar-refractivity contribution in [3.05, 3.63) is 5.82 Å². The Morgan fingerprint density at radius 3 is 2.69 bits per heavy atom. The number of ether oxygens (including phenoxy) is 2. The second kappa shape index (κ2) is 6.23. The van der Waals surface area contributed by atoms with Crippen molar-refractivity contribution in [3.63, 3.8) is 0 Å². The van der Waals surface area contributed by atoms with Crippen LogP contribution in [0.5, 0.6) is 0 Å². The fourth-order valence-corrected chi connectivity index (χ4v) is 4.79. The SMILES string of the molecule is COCCCn1nnnc1C(NC12CC(CC(=O)OC)(C1)C2)C1(F)CC1. The number of hydrogen-bond acceptors (Lipinski definition) is 7. The lowest BCUT2D eigenvalue weighted by Crippen LogP contribution is -2.75. The summed E-state index contributed by atoms with van der Waals surface area (Å²) >= 11 is 0. The molecule has 1 N–H and O–H groups in total. The van der Waals surface area contributed by atoms with Crippen LogP contribution in [0.2, 0.25) is 0 Å². The van der Waals surface area contributed by atoms with E-state index in [2.05, 4.69) is 20.8 Å². The molecule has 4 saturated carbocycles. The second-order valence-corrected chi connectivity index (χ2v) is 8.28. The lowest BCUT2D eigenvalue weighted by molar-refractivity contribution is -0.184. The van der Waals surface area contributed by atoms with Crippen LogP contribution in [0.15, 0.2) is 0 Å². The van der Waals surface area contributed by atoms with Crippen LogP contribution in [0.3, 0.4) is 0 Å². The van der Waals surface area contributed by atoms with Crippen LogP contribution in [-0.4, -0.2) is 58.2 Å². The van der Waals surface area contributed by atoms with Gasteiger partial charge in [-0.25, -0.2) is 9.07 Å².